The van der Waals surface area contributed by atoms with Gasteiger partial charge in [0.2, 0.25) is 0 Å². The van der Waals surface area contributed by atoms with Crippen molar-refractivity contribution in [3.05, 3.63) is 36.4 Å². The normalized spacial score (nSPS) is 32.1. The molecule has 3 atom stereocenters. The van der Waals surface area contributed by atoms with Crippen LogP contribution in [0.2, 0.25) is 0 Å². The van der Waals surface area contributed by atoms with Crippen LogP contribution in [0, 0.1) is 0 Å². The lowest BCUT2D eigenvalue weighted by atomic mass is 9.66. The van der Waals surface area contributed by atoms with Crippen LogP contribution in [0.1, 0.15) is 31.2 Å². The van der Waals surface area contributed by atoms with Crippen molar-refractivity contribution >= 4 is 0 Å². The van der Waals surface area contributed by atoms with Crippen LogP contribution in [0.3, 0.4) is 0 Å². The number of allylic oxidation sites excluding steroid dienone is 1. The van der Waals surface area contributed by atoms with Gasteiger partial charge in [0.25, 0.3) is 0 Å². The molecule has 0 unspecified atom stereocenters. The van der Waals surface area contributed by atoms with Crippen LogP contribution >= 0.6 is 0 Å². The smallest absolute Gasteiger partial charge is 0.165 e. The molecular weight excluding hydrogens is 240 g/mol. The molecule has 0 spiro atoms. The molecule has 1 N–H and O–H groups in total. The van der Waals surface area contributed by atoms with Crippen LogP contribution in [-0.4, -0.2) is 24.4 Å². The number of fused-ring (bicyclic) bond motifs is 3. The average Bonchev–Trinajstić information content (AvgIpc) is 2.73. The molecule has 1 heterocycles. The summed E-state index contributed by atoms with van der Waals surface area (Å²) in [6.45, 7) is 3.90. The van der Waals surface area contributed by atoms with Gasteiger partial charge in [-0.2, -0.15) is 0 Å². The van der Waals surface area contributed by atoms with Crippen LogP contribution in [0.4, 0.5) is 0 Å². The van der Waals surface area contributed by atoms with Crippen LogP contribution in [0.25, 0.3) is 0 Å². The minimum absolute atomic E-state index is 0.0283. The second-order valence-corrected chi connectivity index (χ2v) is 5.52. The van der Waals surface area contributed by atoms with Gasteiger partial charge in [0, 0.05) is 17.4 Å². The van der Waals surface area contributed by atoms with Crippen LogP contribution in [0.5, 0.6) is 11.5 Å². The zero-order valence-electron chi connectivity index (χ0n) is 11.3. The first-order valence-corrected chi connectivity index (χ1v) is 6.84. The fraction of sp³-hybridized carbons (Fsp3) is 0.500. The highest BCUT2D eigenvalue weighted by Gasteiger charge is 2.51. The van der Waals surface area contributed by atoms with Crippen molar-refractivity contribution in [2.75, 3.05) is 7.11 Å². The average molecular weight is 260 g/mol. The van der Waals surface area contributed by atoms with Crippen LogP contribution in [-0.2, 0) is 5.41 Å². The summed E-state index contributed by atoms with van der Waals surface area (Å²) in [6.07, 6.45) is 5.05. The summed E-state index contributed by atoms with van der Waals surface area (Å²) in [5.41, 5.74) is 1.17. The molecule has 1 aliphatic carbocycles. The van der Waals surface area contributed by atoms with Crippen LogP contribution in [0.15, 0.2) is 30.9 Å². The van der Waals surface area contributed by atoms with Crippen molar-refractivity contribution < 1.29 is 14.6 Å². The van der Waals surface area contributed by atoms with Gasteiger partial charge in [-0.05, 0) is 25.3 Å². The van der Waals surface area contributed by atoms with Crippen molar-refractivity contribution in [2.24, 2.45) is 0 Å². The number of para-hydroxylation sites is 1. The molecule has 19 heavy (non-hydrogen) atoms. The highest BCUT2D eigenvalue weighted by atomic mass is 16.5. The van der Waals surface area contributed by atoms with E-state index in [1.165, 1.54) is 5.56 Å². The Kier molecular flexibility index (Phi) is 3.02. The Morgan fingerprint density at radius 2 is 2.42 bits per heavy atom. The maximum atomic E-state index is 9.91. The largest absolute Gasteiger partial charge is 0.493 e. The molecule has 3 rings (SSSR count). The van der Waals surface area contributed by atoms with Crippen molar-refractivity contribution in [3.63, 3.8) is 0 Å². The van der Waals surface area contributed by atoms with E-state index in [0.29, 0.717) is 6.42 Å². The first-order chi connectivity index (χ1) is 9.21. The van der Waals surface area contributed by atoms with Gasteiger partial charge >= 0.3 is 0 Å². The summed E-state index contributed by atoms with van der Waals surface area (Å²) in [5, 5.41) is 9.91. The van der Waals surface area contributed by atoms with Crippen molar-refractivity contribution in [1.29, 1.82) is 0 Å². The van der Waals surface area contributed by atoms with Gasteiger partial charge in [0.15, 0.2) is 11.5 Å². The van der Waals surface area contributed by atoms with Crippen molar-refractivity contribution in [3.8, 4) is 11.5 Å². The molecule has 1 aromatic carbocycles. The lowest BCUT2D eigenvalue weighted by molar-refractivity contribution is 0.0177. The predicted molar refractivity (Wildman–Crippen MR) is 73.8 cm³/mol. The molecule has 1 aromatic rings. The molecule has 0 aromatic heterocycles. The van der Waals surface area contributed by atoms with Gasteiger partial charge < -0.3 is 14.6 Å². The maximum Gasteiger partial charge on any atom is 0.165 e. The highest BCUT2D eigenvalue weighted by Crippen LogP contribution is 2.55. The molecule has 1 fully saturated rings. The minimum atomic E-state index is -0.261. The highest BCUT2D eigenvalue weighted by molar-refractivity contribution is 5.54. The zero-order chi connectivity index (χ0) is 13.5. The first-order valence-electron chi connectivity index (χ1n) is 6.84. The molecular formula is C16H20O3. The van der Waals surface area contributed by atoms with E-state index in [0.717, 1.165) is 30.8 Å². The summed E-state index contributed by atoms with van der Waals surface area (Å²) in [7, 11) is 1.66. The lowest BCUT2D eigenvalue weighted by Gasteiger charge is -2.39. The van der Waals surface area contributed by atoms with Gasteiger partial charge in [0.05, 0.1) is 13.2 Å². The number of hydrogen-bond donors (Lipinski definition) is 1. The standard InChI is InChI=1S/C16H20O3/c1-3-8-16-9-7-11(17)10-14(16)19-15-12(16)5-4-6-13(15)18-2/h3-6,11,14,17H,1,7-10H2,2H3/t11-,14-,16-/m0/s1. The topological polar surface area (TPSA) is 38.7 Å². The number of hydrogen-bond acceptors (Lipinski definition) is 3. The Morgan fingerprint density at radius 1 is 1.58 bits per heavy atom. The second-order valence-electron chi connectivity index (χ2n) is 5.52. The molecule has 1 aliphatic heterocycles. The number of benzene rings is 1. The molecule has 102 valence electrons. The Hall–Kier alpha value is -1.48. The lowest BCUT2D eigenvalue weighted by Crippen LogP contribution is -2.44. The molecule has 3 nitrogen and oxygen atoms in total. The van der Waals surface area contributed by atoms with Gasteiger partial charge in [-0.1, -0.05) is 18.2 Å². The van der Waals surface area contributed by atoms with E-state index in [-0.39, 0.29) is 17.6 Å². The Morgan fingerprint density at radius 3 is 3.16 bits per heavy atom. The fourth-order valence-electron chi connectivity index (χ4n) is 3.58. The SMILES string of the molecule is C=CC[C@@]12CC[C@H](O)C[C@@H]1Oc1c(OC)cccc12. The van der Waals surface area contributed by atoms with Crippen molar-refractivity contribution in [2.45, 2.75) is 43.3 Å². The van der Waals surface area contributed by atoms with E-state index >= 15 is 0 Å². The zero-order valence-corrected chi connectivity index (χ0v) is 11.3. The molecule has 2 aliphatic rings. The first kappa shape index (κ1) is 12.5. The third-order valence-corrected chi connectivity index (χ3v) is 4.53. The number of aliphatic hydroxyl groups excluding tert-OH is 1. The molecule has 0 bridgehead atoms. The summed E-state index contributed by atoms with van der Waals surface area (Å²) in [5.74, 6) is 1.63. The van der Waals surface area contributed by atoms with Gasteiger partial charge in [0.1, 0.15) is 6.10 Å². The Balaban J connectivity index is 2.10. The van der Waals surface area contributed by atoms with E-state index < -0.39 is 0 Å². The van der Waals surface area contributed by atoms with Gasteiger partial charge in [-0.3, -0.25) is 0 Å². The number of ether oxygens (including phenoxy) is 2. The van der Waals surface area contributed by atoms with E-state index in [4.69, 9.17) is 9.47 Å². The third-order valence-electron chi connectivity index (χ3n) is 4.53. The monoisotopic (exact) mass is 260 g/mol. The van der Waals surface area contributed by atoms with Gasteiger partial charge in [-0.25, -0.2) is 0 Å². The van der Waals surface area contributed by atoms with Crippen LogP contribution < -0.4 is 9.47 Å². The summed E-state index contributed by atoms with van der Waals surface area (Å²) < 4.78 is 11.5. The molecule has 0 radical (unpaired) electrons. The van der Waals surface area contributed by atoms with E-state index in [9.17, 15) is 5.11 Å². The van der Waals surface area contributed by atoms with Crippen molar-refractivity contribution in [1.82, 2.24) is 0 Å². The summed E-state index contributed by atoms with van der Waals surface area (Å²) in [4.78, 5) is 0. The number of aliphatic hydroxyl groups is 1. The molecule has 0 amide bonds. The molecule has 1 saturated carbocycles. The Bertz CT molecular complexity index is 497. The van der Waals surface area contributed by atoms with Gasteiger partial charge in [-0.15, -0.1) is 6.58 Å². The van der Waals surface area contributed by atoms with E-state index in [1.54, 1.807) is 7.11 Å². The van der Waals surface area contributed by atoms with E-state index in [1.807, 2.05) is 18.2 Å². The molecule has 0 saturated heterocycles. The predicted octanol–water partition coefficient (Wildman–Crippen LogP) is 2.81. The number of methoxy groups -OCH3 is 1. The third kappa shape index (κ3) is 1.76. The summed E-state index contributed by atoms with van der Waals surface area (Å²) in [6, 6.07) is 6.06. The minimum Gasteiger partial charge on any atom is -0.493 e. The maximum absolute atomic E-state index is 9.91. The molecule has 3 heteroatoms. The summed E-state index contributed by atoms with van der Waals surface area (Å²) >= 11 is 0. The quantitative estimate of drug-likeness (QED) is 0.849. The Labute approximate surface area is 113 Å². The van der Waals surface area contributed by atoms with E-state index in [2.05, 4.69) is 12.6 Å². The number of rotatable bonds is 3. The fourth-order valence-corrected chi connectivity index (χ4v) is 3.58. The second kappa shape index (κ2) is 4.57.